The average molecular weight is 412 g/mol. The van der Waals surface area contributed by atoms with Gasteiger partial charge in [0.1, 0.15) is 5.37 Å². The zero-order valence-corrected chi connectivity index (χ0v) is 16.8. The van der Waals surface area contributed by atoms with E-state index in [1.54, 1.807) is 38.1 Å². The Bertz CT molecular complexity index is 815. The molecule has 2 aromatic carbocycles. The monoisotopic (exact) mass is 411 g/mol. The minimum absolute atomic E-state index is 0.0904. The predicted molar refractivity (Wildman–Crippen MR) is 107 cm³/mol. The number of nitrogens with zero attached hydrogens (tertiary/aromatic N) is 1. The summed E-state index contributed by atoms with van der Waals surface area (Å²) < 4.78 is 10.6. The zero-order chi connectivity index (χ0) is 18.7. The van der Waals surface area contributed by atoms with Crippen molar-refractivity contribution in [2.75, 3.05) is 26.5 Å². The van der Waals surface area contributed by atoms with E-state index in [0.29, 0.717) is 40.3 Å². The number of carbonyl (C=O) groups is 1. The lowest BCUT2D eigenvalue weighted by atomic mass is 10.1. The van der Waals surface area contributed by atoms with Gasteiger partial charge in [-0.1, -0.05) is 35.3 Å². The van der Waals surface area contributed by atoms with Crippen molar-refractivity contribution < 1.29 is 14.3 Å². The molecule has 1 unspecified atom stereocenters. The molecule has 2 aromatic rings. The number of hydrogen-bond donors (Lipinski definition) is 0. The lowest BCUT2D eigenvalue weighted by Gasteiger charge is -2.25. The number of benzene rings is 2. The number of rotatable bonds is 6. The van der Waals surface area contributed by atoms with Crippen molar-refractivity contribution in [3.8, 4) is 11.5 Å². The molecule has 0 aromatic heterocycles. The second-order valence-electron chi connectivity index (χ2n) is 5.86. The Kier molecular flexibility index (Phi) is 6.22. The molecule has 1 atom stereocenters. The van der Waals surface area contributed by atoms with Gasteiger partial charge in [-0.25, -0.2) is 0 Å². The molecule has 1 aliphatic rings. The zero-order valence-electron chi connectivity index (χ0n) is 14.5. The molecule has 7 heteroatoms. The van der Waals surface area contributed by atoms with Crippen LogP contribution in [0.3, 0.4) is 0 Å². The van der Waals surface area contributed by atoms with Crippen LogP contribution in [0, 0.1) is 0 Å². The molecule has 1 heterocycles. The summed E-state index contributed by atoms with van der Waals surface area (Å²) in [6, 6.07) is 11.2. The summed E-state index contributed by atoms with van der Waals surface area (Å²) in [6.07, 6.45) is 0.717. The van der Waals surface area contributed by atoms with Gasteiger partial charge in [-0.15, -0.1) is 11.8 Å². The van der Waals surface area contributed by atoms with E-state index in [9.17, 15) is 4.79 Å². The molecule has 1 aliphatic heterocycles. The first-order chi connectivity index (χ1) is 12.5. The van der Waals surface area contributed by atoms with Crippen LogP contribution in [0.15, 0.2) is 36.4 Å². The van der Waals surface area contributed by atoms with Crippen LogP contribution in [-0.4, -0.2) is 37.3 Å². The molecule has 0 aliphatic carbocycles. The highest BCUT2D eigenvalue weighted by molar-refractivity contribution is 8.00. The second-order valence-corrected chi connectivity index (χ2v) is 7.77. The molecule has 3 rings (SSSR count). The molecule has 26 heavy (non-hydrogen) atoms. The summed E-state index contributed by atoms with van der Waals surface area (Å²) in [5.74, 6) is 1.95. The maximum absolute atomic E-state index is 12.4. The first kappa shape index (κ1) is 19.2. The molecular formula is C19H19Cl2NO3S. The third kappa shape index (κ3) is 4.05. The summed E-state index contributed by atoms with van der Waals surface area (Å²) in [4.78, 5) is 14.2. The van der Waals surface area contributed by atoms with E-state index < -0.39 is 0 Å². The molecular weight excluding hydrogens is 393 g/mol. The van der Waals surface area contributed by atoms with Crippen LogP contribution in [0.4, 0.5) is 0 Å². The Morgan fingerprint density at radius 3 is 2.58 bits per heavy atom. The van der Waals surface area contributed by atoms with Crippen LogP contribution in [0.2, 0.25) is 10.0 Å². The SMILES string of the molecule is COc1ccc(CCN2C(=O)CSC2c2ccc(Cl)cc2Cl)cc1OC. The summed E-state index contributed by atoms with van der Waals surface area (Å²) in [5, 5.41) is 1.08. The molecule has 1 fully saturated rings. The average Bonchev–Trinajstić information content (AvgIpc) is 3.00. The van der Waals surface area contributed by atoms with Gasteiger partial charge in [0, 0.05) is 22.2 Å². The Hall–Kier alpha value is -1.56. The molecule has 0 spiro atoms. The van der Waals surface area contributed by atoms with Crippen LogP contribution in [0.1, 0.15) is 16.5 Å². The molecule has 0 saturated carbocycles. The summed E-state index contributed by atoms with van der Waals surface area (Å²) in [6.45, 7) is 0.602. The van der Waals surface area contributed by atoms with Crippen LogP contribution in [-0.2, 0) is 11.2 Å². The fourth-order valence-electron chi connectivity index (χ4n) is 2.94. The van der Waals surface area contributed by atoms with E-state index in [1.807, 2.05) is 29.2 Å². The van der Waals surface area contributed by atoms with Crippen LogP contribution in [0.25, 0.3) is 0 Å². The normalized spacial score (nSPS) is 16.8. The fourth-order valence-corrected chi connectivity index (χ4v) is 4.77. The van der Waals surface area contributed by atoms with Crippen molar-refractivity contribution >= 4 is 40.9 Å². The Labute approximate surface area is 167 Å². The standard InChI is InChI=1S/C19H19Cl2NO3S/c1-24-16-6-3-12(9-17(16)25-2)7-8-22-18(23)11-26-19(22)14-5-4-13(20)10-15(14)21/h3-6,9-10,19H,7-8,11H2,1-2H3. The first-order valence-electron chi connectivity index (χ1n) is 8.10. The maximum Gasteiger partial charge on any atom is 0.233 e. The van der Waals surface area contributed by atoms with Gasteiger partial charge in [-0.05, 0) is 36.2 Å². The minimum Gasteiger partial charge on any atom is -0.493 e. The Morgan fingerprint density at radius 1 is 1.12 bits per heavy atom. The number of hydrogen-bond acceptors (Lipinski definition) is 4. The first-order valence-corrected chi connectivity index (χ1v) is 9.91. The van der Waals surface area contributed by atoms with Gasteiger partial charge >= 0.3 is 0 Å². The number of halogens is 2. The topological polar surface area (TPSA) is 38.8 Å². The number of ether oxygens (including phenoxy) is 2. The highest BCUT2D eigenvalue weighted by atomic mass is 35.5. The second kappa shape index (κ2) is 8.42. The largest absolute Gasteiger partial charge is 0.493 e. The molecule has 1 saturated heterocycles. The molecule has 138 valence electrons. The summed E-state index contributed by atoms with van der Waals surface area (Å²) in [7, 11) is 3.22. The van der Waals surface area contributed by atoms with Crippen LogP contribution < -0.4 is 9.47 Å². The molecule has 1 amide bonds. The van der Waals surface area contributed by atoms with Crippen molar-refractivity contribution in [2.45, 2.75) is 11.8 Å². The molecule has 0 N–H and O–H groups in total. The van der Waals surface area contributed by atoms with Crippen molar-refractivity contribution in [3.05, 3.63) is 57.6 Å². The number of carbonyl (C=O) groups excluding carboxylic acids is 1. The van der Waals surface area contributed by atoms with Gasteiger partial charge in [0.2, 0.25) is 5.91 Å². The fraction of sp³-hybridized carbons (Fsp3) is 0.316. The van der Waals surface area contributed by atoms with Crippen molar-refractivity contribution in [2.24, 2.45) is 0 Å². The van der Waals surface area contributed by atoms with Gasteiger partial charge in [0.25, 0.3) is 0 Å². The Balaban J connectivity index is 1.76. The van der Waals surface area contributed by atoms with E-state index in [4.69, 9.17) is 32.7 Å². The van der Waals surface area contributed by atoms with Crippen LogP contribution >= 0.6 is 35.0 Å². The van der Waals surface area contributed by atoms with E-state index in [0.717, 1.165) is 11.1 Å². The van der Waals surface area contributed by atoms with Crippen molar-refractivity contribution in [1.82, 2.24) is 4.90 Å². The summed E-state index contributed by atoms with van der Waals surface area (Å²) >= 11 is 13.9. The summed E-state index contributed by atoms with van der Waals surface area (Å²) in [5.41, 5.74) is 1.99. The Morgan fingerprint density at radius 2 is 1.88 bits per heavy atom. The van der Waals surface area contributed by atoms with E-state index in [1.165, 1.54) is 0 Å². The van der Waals surface area contributed by atoms with Gasteiger partial charge in [-0.2, -0.15) is 0 Å². The quantitative estimate of drug-likeness (QED) is 0.682. The van der Waals surface area contributed by atoms with Crippen LogP contribution in [0.5, 0.6) is 11.5 Å². The highest BCUT2D eigenvalue weighted by Gasteiger charge is 2.33. The lowest BCUT2D eigenvalue weighted by molar-refractivity contribution is -0.128. The predicted octanol–water partition coefficient (Wildman–Crippen LogP) is 4.83. The number of methoxy groups -OCH3 is 2. The number of amides is 1. The third-order valence-electron chi connectivity index (χ3n) is 4.29. The van der Waals surface area contributed by atoms with Crippen molar-refractivity contribution in [3.63, 3.8) is 0 Å². The van der Waals surface area contributed by atoms with Gasteiger partial charge in [-0.3, -0.25) is 4.79 Å². The van der Waals surface area contributed by atoms with Crippen molar-refractivity contribution in [1.29, 1.82) is 0 Å². The minimum atomic E-state index is -0.0904. The van der Waals surface area contributed by atoms with E-state index in [-0.39, 0.29) is 11.3 Å². The smallest absolute Gasteiger partial charge is 0.233 e. The van der Waals surface area contributed by atoms with E-state index >= 15 is 0 Å². The molecule has 0 radical (unpaired) electrons. The molecule has 4 nitrogen and oxygen atoms in total. The number of thioether (sulfide) groups is 1. The van der Waals surface area contributed by atoms with E-state index in [2.05, 4.69) is 0 Å². The third-order valence-corrected chi connectivity index (χ3v) is 6.09. The van der Waals surface area contributed by atoms with Gasteiger partial charge < -0.3 is 14.4 Å². The lowest BCUT2D eigenvalue weighted by Crippen LogP contribution is -2.30. The molecule has 0 bridgehead atoms. The van der Waals surface area contributed by atoms with Gasteiger partial charge in [0.05, 0.1) is 20.0 Å². The maximum atomic E-state index is 12.4. The highest BCUT2D eigenvalue weighted by Crippen LogP contribution is 2.42. The van der Waals surface area contributed by atoms with Gasteiger partial charge in [0.15, 0.2) is 11.5 Å².